The molecule has 0 bridgehead atoms. The molecule has 1 aliphatic rings. The maximum Gasteiger partial charge on any atom is 0.252 e. The van der Waals surface area contributed by atoms with E-state index in [-0.39, 0.29) is 5.91 Å². The molecule has 0 aromatic carbocycles. The minimum Gasteiger partial charge on any atom is -0.379 e. The topological polar surface area (TPSA) is 85.2 Å². The van der Waals surface area contributed by atoms with Crippen LogP contribution in [0.2, 0.25) is 0 Å². The molecule has 3 aromatic heterocycles. The maximum atomic E-state index is 12.4. The van der Waals surface area contributed by atoms with E-state index in [1.165, 1.54) is 0 Å². The van der Waals surface area contributed by atoms with Crippen LogP contribution in [0.1, 0.15) is 16.1 Å². The van der Waals surface area contributed by atoms with Gasteiger partial charge in [0.1, 0.15) is 5.52 Å². The van der Waals surface area contributed by atoms with Gasteiger partial charge in [-0.3, -0.25) is 14.7 Å². The predicted molar refractivity (Wildman–Crippen MR) is 100 cm³/mol. The Balaban J connectivity index is 1.38. The molecule has 8 heteroatoms. The van der Waals surface area contributed by atoms with E-state index in [4.69, 9.17) is 4.74 Å². The fourth-order valence-electron chi connectivity index (χ4n) is 3.11. The molecule has 8 nitrogen and oxygen atoms in total. The molecule has 1 fully saturated rings. The summed E-state index contributed by atoms with van der Waals surface area (Å²) in [5.74, 6) is -0.128. The van der Waals surface area contributed by atoms with Gasteiger partial charge in [-0.15, -0.1) is 0 Å². The fraction of sp³-hybridized carbons (Fsp3) is 0.368. The van der Waals surface area contributed by atoms with Crippen LogP contribution >= 0.6 is 0 Å². The van der Waals surface area contributed by atoms with Crippen LogP contribution in [0.5, 0.6) is 0 Å². The van der Waals surface area contributed by atoms with E-state index in [1.54, 1.807) is 24.8 Å². The highest BCUT2D eigenvalue weighted by atomic mass is 16.5. The van der Waals surface area contributed by atoms with E-state index in [1.807, 2.05) is 22.8 Å². The van der Waals surface area contributed by atoms with Gasteiger partial charge in [0.15, 0.2) is 5.65 Å². The summed E-state index contributed by atoms with van der Waals surface area (Å²) in [6.45, 7) is 5.36. The zero-order valence-electron chi connectivity index (χ0n) is 15.0. The molecule has 1 amide bonds. The molecule has 27 heavy (non-hydrogen) atoms. The number of pyridine rings is 2. The molecule has 140 valence electrons. The van der Waals surface area contributed by atoms with Gasteiger partial charge < -0.3 is 14.6 Å². The molecule has 4 rings (SSSR count). The Labute approximate surface area is 157 Å². The molecule has 0 atom stereocenters. The van der Waals surface area contributed by atoms with E-state index >= 15 is 0 Å². The number of ether oxygens (including phenoxy) is 1. The zero-order chi connectivity index (χ0) is 18.5. The fourth-order valence-corrected chi connectivity index (χ4v) is 3.11. The van der Waals surface area contributed by atoms with E-state index in [9.17, 15) is 4.79 Å². The highest BCUT2D eigenvalue weighted by Crippen LogP contribution is 2.13. The Hall–Kier alpha value is -2.84. The zero-order valence-corrected chi connectivity index (χ0v) is 15.0. The lowest BCUT2D eigenvalue weighted by Crippen LogP contribution is -2.41. The van der Waals surface area contributed by atoms with Crippen LogP contribution in [-0.4, -0.2) is 69.7 Å². The van der Waals surface area contributed by atoms with Crippen molar-refractivity contribution in [3.05, 3.63) is 54.2 Å². The van der Waals surface area contributed by atoms with Crippen LogP contribution in [0.4, 0.5) is 0 Å². The second-order valence-electron chi connectivity index (χ2n) is 6.47. The summed E-state index contributed by atoms with van der Waals surface area (Å²) in [5.41, 5.74) is 2.90. The van der Waals surface area contributed by atoms with Gasteiger partial charge in [-0.25, -0.2) is 9.97 Å². The summed E-state index contributed by atoms with van der Waals surface area (Å²) >= 11 is 0. The van der Waals surface area contributed by atoms with Gasteiger partial charge in [0.2, 0.25) is 0 Å². The molecule has 0 spiro atoms. The molecule has 4 heterocycles. The third-order valence-electron chi connectivity index (χ3n) is 4.59. The van der Waals surface area contributed by atoms with Crippen LogP contribution < -0.4 is 5.32 Å². The second-order valence-corrected chi connectivity index (χ2v) is 6.47. The van der Waals surface area contributed by atoms with Gasteiger partial charge in [0.25, 0.3) is 5.91 Å². The minimum absolute atomic E-state index is 0.128. The number of carbonyl (C=O) groups excluding carboxylic acids is 1. The number of nitrogens with zero attached hydrogens (tertiary/aromatic N) is 5. The summed E-state index contributed by atoms with van der Waals surface area (Å²) in [6, 6.07) is 7.58. The maximum absolute atomic E-state index is 12.4. The first kappa shape index (κ1) is 17.6. The highest BCUT2D eigenvalue weighted by molar-refractivity contribution is 5.96. The smallest absolute Gasteiger partial charge is 0.252 e. The lowest BCUT2D eigenvalue weighted by molar-refractivity contribution is 0.0383. The first-order chi connectivity index (χ1) is 13.3. The van der Waals surface area contributed by atoms with Crippen LogP contribution in [-0.2, 0) is 11.3 Å². The Morgan fingerprint density at radius 3 is 2.89 bits per heavy atom. The summed E-state index contributed by atoms with van der Waals surface area (Å²) in [7, 11) is 0. The number of amides is 1. The largest absolute Gasteiger partial charge is 0.379 e. The molecule has 1 saturated heterocycles. The van der Waals surface area contributed by atoms with Gasteiger partial charge in [-0.05, 0) is 18.2 Å². The quantitative estimate of drug-likeness (QED) is 0.699. The van der Waals surface area contributed by atoms with Crippen molar-refractivity contribution in [3.63, 3.8) is 0 Å². The predicted octanol–water partition coefficient (Wildman–Crippen LogP) is 0.937. The second kappa shape index (κ2) is 8.24. The van der Waals surface area contributed by atoms with Crippen molar-refractivity contribution in [2.75, 3.05) is 39.4 Å². The molecule has 0 unspecified atom stereocenters. The molecular weight excluding hydrogens is 344 g/mol. The van der Waals surface area contributed by atoms with Crippen molar-refractivity contribution in [1.82, 2.24) is 29.7 Å². The lowest BCUT2D eigenvalue weighted by Gasteiger charge is -2.26. The molecule has 0 radical (unpaired) electrons. The first-order valence-electron chi connectivity index (χ1n) is 9.09. The Bertz CT molecular complexity index is 905. The molecular formula is C19H22N6O2. The number of nitrogens with one attached hydrogen (secondary N) is 1. The van der Waals surface area contributed by atoms with Crippen molar-refractivity contribution in [2.24, 2.45) is 0 Å². The van der Waals surface area contributed by atoms with E-state index in [2.05, 4.69) is 25.2 Å². The van der Waals surface area contributed by atoms with Gasteiger partial charge in [0.05, 0.1) is 37.3 Å². The van der Waals surface area contributed by atoms with Crippen molar-refractivity contribution >= 4 is 17.1 Å². The molecule has 1 aliphatic heterocycles. The van der Waals surface area contributed by atoms with E-state index < -0.39 is 0 Å². The monoisotopic (exact) mass is 366 g/mol. The number of imidazole rings is 1. The molecule has 3 aromatic rings. The standard InChI is InChI=1S/C19H22N6O2/c26-19(21-5-6-24-7-9-27-10-8-24)15-11-17-18(22-12-15)25(14-23-17)13-16-3-1-2-4-20-16/h1-4,11-12,14H,5-10,13H2,(H,21,26). The number of hydrogen-bond donors (Lipinski definition) is 1. The number of rotatable bonds is 6. The summed E-state index contributed by atoms with van der Waals surface area (Å²) in [4.78, 5) is 27.8. The molecule has 0 saturated carbocycles. The van der Waals surface area contributed by atoms with Crippen LogP contribution in [0.3, 0.4) is 0 Å². The number of hydrogen-bond acceptors (Lipinski definition) is 6. The highest BCUT2D eigenvalue weighted by Gasteiger charge is 2.13. The van der Waals surface area contributed by atoms with Crippen molar-refractivity contribution in [2.45, 2.75) is 6.54 Å². The normalized spacial score (nSPS) is 15.1. The van der Waals surface area contributed by atoms with Crippen LogP contribution in [0.25, 0.3) is 11.2 Å². The third kappa shape index (κ3) is 4.29. The van der Waals surface area contributed by atoms with Gasteiger partial charge in [-0.2, -0.15) is 0 Å². The summed E-state index contributed by atoms with van der Waals surface area (Å²) < 4.78 is 7.25. The number of morpholine rings is 1. The van der Waals surface area contributed by atoms with E-state index in [0.29, 0.717) is 24.2 Å². The van der Waals surface area contributed by atoms with Crippen LogP contribution in [0.15, 0.2) is 43.0 Å². The Kier molecular flexibility index (Phi) is 5.36. The lowest BCUT2D eigenvalue weighted by atomic mass is 10.2. The average molecular weight is 366 g/mol. The SMILES string of the molecule is O=C(NCCN1CCOCC1)c1cnc2c(c1)ncn2Cc1ccccn1. The van der Waals surface area contributed by atoms with E-state index in [0.717, 1.165) is 44.2 Å². The van der Waals surface area contributed by atoms with Gasteiger partial charge >= 0.3 is 0 Å². The average Bonchev–Trinajstić information content (AvgIpc) is 3.11. The Morgan fingerprint density at radius 2 is 2.07 bits per heavy atom. The molecule has 0 aliphatic carbocycles. The third-order valence-corrected chi connectivity index (χ3v) is 4.59. The number of carbonyl (C=O) groups is 1. The summed E-state index contributed by atoms with van der Waals surface area (Å²) in [6.07, 6.45) is 5.09. The first-order valence-corrected chi connectivity index (χ1v) is 9.09. The molecule has 1 N–H and O–H groups in total. The summed E-state index contributed by atoms with van der Waals surface area (Å²) in [5, 5.41) is 2.95. The van der Waals surface area contributed by atoms with Crippen molar-refractivity contribution in [3.8, 4) is 0 Å². The number of fused-ring (bicyclic) bond motifs is 1. The number of aromatic nitrogens is 4. The van der Waals surface area contributed by atoms with Gasteiger partial charge in [0, 0.05) is 38.6 Å². The van der Waals surface area contributed by atoms with Crippen LogP contribution in [0, 0.1) is 0 Å². The Morgan fingerprint density at radius 1 is 1.19 bits per heavy atom. The minimum atomic E-state index is -0.128. The van der Waals surface area contributed by atoms with Crippen molar-refractivity contribution in [1.29, 1.82) is 0 Å². The van der Waals surface area contributed by atoms with Gasteiger partial charge in [-0.1, -0.05) is 6.07 Å². The van der Waals surface area contributed by atoms with Crippen molar-refractivity contribution < 1.29 is 9.53 Å².